The topological polar surface area (TPSA) is 57.2 Å². The smallest absolute Gasteiger partial charge is 0.251 e. The van der Waals surface area contributed by atoms with Crippen LogP contribution in [0.5, 0.6) is 0 Å². The predicted molar refractivity (Wildman–Crippen MR) is 85.8 cm³/mol. The normalized spacial score (nSPS) is 32.3. The summed E-state index contributed by atoms with van der Waals surface area (Å²) in [5.74, 6) is 1.94. The molecule has 0 radical (unpaired) electrons. The van der Waals surface area contributed by atoms with E-state index < -0.39 is 0 Å². The number of rotatable bonds is 3. The van der Waals surface area contributed by atoms with Crippen molar-refractivity contribution >= 4 is 11.9 Å². The largest absolute Gasteiger partial charge is 0.368 e. The Bertz CT molecular complexity index is 426. The van der Waals surface area contributed by atoms with E-state index in [1.54, 1.807) is 0 Å². The minimum absolute atomic E-state index is 0.176. The summed E-state index contributed by atoms with van der Waals surface area (Å²) in [6, 6.07) is 0.580. The number of aliphatic imine (C=N–C) groups is 1. The van der Waals surface area contributed by atoms with Gasteiger partial charge in [0, 0.05) is 45.4 Å². The predicted octanol–water partition coefficient (Wildman–Crippen LogP) is 0.684. The van der Waals surface area contributed by atoms with Crippen LogP contribution in [0.15, 0.2) is 4.99 Å². The van der Waals surface area contributed by atoms with Crippen LogP contribution in [0.4, 0.5) is 0 Å². The van der Waals surface area contributed by atoms with Crippen molar-refractivity contribution in [1.82, 2.24) is 15.1 Å². The van der Waals surface area contributed by atoms with Gasteiger partial charge in [0.05, 0.1) is 0 Å². The second-order valence-corrected chi connectivity index (χ2v) is 6.58. The second-order valence-electron chi connectivity index (χ2n) is 6.58. The van der Waals surface area contributed by atoms with Gasteiger partial charge in [-0.2, -0.15) is 0 Å². The first-order valence-electron chi connectivity index (χ1n) is 8.65. The van der Waals surface area contributed by atoms with Crippen molar-refractivity contribution in [3.05, 3.63) is 0 Å². The molecular formula is C16H28N4O2. The molecule has 1 N–H and O–H groups in total. The molecule has 2 saturated heterocycles. The van der Waals surface area contributed by atoms with E-state index >= 15 is 0 Å². The molecule has 2 aliphatic heterocycles. The zero-order valence-corrected chi connectivity index (χ0v) is 13.8. The summed E-state index contributed by atoms with van der Waals surface area (Å²) in [6.45, 7) is 9.09. The first-order valence-corrected chi connectivity index (χ1v) is 8.65. The van der Waals surface area contributed by atoms with Crippen molar-refractivity contribution in [2.45, 2.75) is 45.3 Å². The number of piperazine rings is 1. The van der Waals surface area contributed by atoms with Crippen molar-refractivity contribution < 1.29 is 9.53 Å². The zero-order chi connectivity index (χ0) is 15.5. The molecular weight excluding hydrogens is 280 g/mol. The first kappa shape index (κ1) is 15.6. The van der Waals surface area contributed by atoms with Gasteiger partial charge < -0.3 is 19.9 Å². The van der Waals surface area contributed by atoms with E-state index in [1.165, 1.54) is 6.42 Å². The quantitative estimate of drug-likeness (QED) is 0.615. The summed E-state index contributed by atoms with van der Waals surface area (Å²) in [5, 5.41) is 3.56. The van der Waals surface area contributed by atoms with Gasteiger partial charge >= 0.3 is 0 Å². The second kappa shape index (κ2) is 6.86. The third-order valence-electron chi connectivity index (χ3n) is 4.83. The van der Waals surface area contributed by atoms with Crippen molar-refractivity contribution in [3.8, 4) is 0 Å². The Morgan fingerprint density at radius 1 is 1.27 bits per heavy atom. The lowest BCUT2D eigenvalue weighted by Crippen LogP contribution is -2.55. The van der Waals surface area contributed by atoms with Crippen molar-refractivity contribution in [2.75, 3.05) is 39.3 Å². The maximum atomic E-state index is 12.4. The van der Waals surface area contributed by atoms with Gasteiger partial charge in [-0.25, -0.2) is 0 Å². The SMILES string of the molecule is CCN=C(NC1CC1C)N1CCN(C(=O)C2CCCO2)CC1. The molecule has 2 heterocycles. The molecule has 0 bridgehead atoms. The van der Waals surface area contributed by atoms with Gasteiger partial charge in [-0.15, -0.1) is 0 Å². The van der Waals surface area contributed by atoms with E-state index in [0.29, 0.717) is 6.04 Å². The van der Waals surface area contributed by atoms with Crippen molar-refractivity contribution in [1.29, 1.82) is 0 Å². The lowest BCUT2D eigenvalue weighted by Gasteiger charge is -2.37. The van der Waals surface area contributed by atoms with Crippen LogP contribution in [-0.2, 0) is 9.53 Å². The van der Waals surface area contributed by atoms with Crippen LogP contribution in [0.1, 0.15) is 33.1 Å². The Labute approximate surface area is 132 Å². The summed E-state index contributed by atoms with van der Waals surface area (Å²) < 4.78 is 5.51. The molecule has 1 saturated carbocycles. The first-order chi connectivity index (χ1) is 10.7. The van der Waals surface area contributed by atoms with Gasteiger partial charge in [0.1, 0.15) is 6.10 Å². The summed E-state index contributed by atoms with van der Waals surface area (Å²) in [6.07, 6.45) is 2.93. The van der Waals surface area contributed by atoms with E-state index in [-0.39, 0.29) is 12.0 Å². The third kappa shape index (κ3) is 3.54. The number of hydrogen-bond acceptors (Lipinski definition) is 3. The highest BCUT2D eigenvalue weighted by atomic mass is 16.5. The lowest BCUT2D eigenvalue weighted by atomic mass is 10.2. The van der Waals surface area contributed by atoms with Crippen LogP contribution in [-0.4, -0.2) is 73.1 Å². The highest BCUT2D eigenvalue weighted by Crippen LogP contribution is 2.29. The summed E-state index contributed by atoms with van der Waals surface area (Å²) in [5.41, 5.74) is 0. The number of amides is 1. The highest BCUT2D eigenvalue weighted by molar-refractivity contribution is 5.83. The number of nitrogens with one attached hydrogen (secondary N) is 1. The van der Waals surface area contributed by atoms with Gasteiger partial charge in [0.15, 0.2) is 5.96 Å². The monoisotopic (exact) mass is 308 g/mol. The average Bonchev–Trinajstić information content (AvgIpc) is 3.02. The van der Waals surface area contributed by atoms with E-state index in [2.05, 4.69) is 29.1 Å². The molecule has 1 amide bonds. The Kier molecular flexibility index (Phi) is 4.86. The van der Waals surface area contributed by atoms with Gasteiger partial charge in [0.2, 0.25) is 0 Å². The minimum Gasteiger partial charge on any atom is -0.368 e. The summed E-state index contributed by atoms with van der Waals surface area (Å²) in [4.78, 5) is 21.2. The van der Waals surface area contributed by atoms with Crippen LogP contribution in [0.3, 0.4) is 0 Å². The molecule has 22 heavy (non-hydrogen) atoms. The Morgan fingerprint density at radius 2 is 1.95 bits per heavy atom. The maximum Gasteiger partial charge on any atom is 0.251 e. The van der Waals surface area contributed by atoms with Gasteiger partial charge in [-0.1, -0.05) is 6.92 Å². The maximum absolute atomic E-state index is 12.4. The van der Waals surface area contributed by atoms with Gasteiger partial charge in [-0.3, -0.25) is 9.79 Å². The van der Waals surface area contributed by atoms with Crippen molar-refractivity contribution in [3.63, 3.8) is 0 Å². The van der Waals surface area contributed by atoms with Crippen LogP contribution < -0.4 is 5.32 Å². The van der Waals surface area contributed by atoms with Crippen LogP contribution >= 0.6 is 0 Å². The minimum atomic E-state index is -0.194. The lowest BCUT2D eigenvalue weighted by molar-refractivity contribution is -0.142. The molecule has 3 fully saturated rings. The molecule has 124 valence electrons. The molecule has 6 nitrogen and oxygen atoms in total. The molecule has 0 aromatic rings. The Hall–Kier alpha value is -1.30. The van der Waals surface area contributed by atoms with Gasteiger partial charge in [0.25, 0.3) is 5.91 Å². The van der Waals surface area contributed by atoms with Crippen molar-refractivity contribution in [2.24, 2.45) is 10.9 Å². The van der Waals surface area contributed by atoms with Crippen LogP contribution in [0.25, 0.3) is 0 Å². The Morgan fingerprint density at radius 3 is 2.50 bits per heavy atom. The number of nitrogens with zero attached hydrogens (tertiary/aromatic N) is 3. The summed E-state index contributed by atoms with van der Waals surface area (Å²) in [7, 11) is 0. The average molecular weight is 308 g/mol. The van der Waals surface area contributed by atoms with Crippen LogP contribution in [0.2, 0.25) is 0 Å². The molecule has 0 spiro atoms. The molecule has 3 rings (SSSR count). The molecule has 0 aromatic heterocycles. The molecule has 1 aliphatic carbocycles. The fraction of sp³-hybridized carbons (Fsp3) is 0.875. The van der Waals surface area contributed by atoms with Gasteiger partial charge in [-0.05, 0) is 32.1 Å². The number of carbonyl (C=O) groups excluding carboxylic acids is 1. The molecule has 3 aliphatic rings. The molecule has 0 aromatic carbocycles. The van der Waals surface area contributed by atoms with E-state index in [1.807, 2.05) is 4.90 Å². The molecule has 6 heteroatoms. The van der Waals surface area contributed by atoms with Crippen LogP contribution in [0, 0.1) is 5.92 Å². The van der Waals surface area contributed by atoms with E-state index in [0.717, 1.165) is 64.0 Å². The van der Waals surface area contributed by atoms with E-state index in [4.69, 9.17) is 4.74 Å². The zero-order valence-electron chi connectivity index (χ0n) is 13.8. The fourth-order valence-corrected chi connectivity index (χ4v) is 3.19. The molecule has 3 atom stereocenters. The standard InChI is InChI=1S/C16H28N4O2/c1-3-17-16(18-13-11-12(13)2)20-8-6-19(7-9-20)15(21)14-5-4-10-22-14/h12-14H,3-11H2,1-2H3,(H,17,18). The molecule has 3 unspecified atom stereocenters. The third-order valence-corrected chi connectivity index (χ3v) is 4.83. The van der Waals surface area contributed by atoms with E-state index in [9.17, 15) is 4.79 Å². The summed E-state index contributed by atoms with van der Waals surface area (Å²) >= 11 is 0. The number of hydrogen-bond donors (Lipinski definition) is 1. The number of carbonyl (C=O) groups is 1. The fourth-order valence-electron chi connectivity index (χ4n) is 3.19. The number of guanidine groups is 1. The number of ether oxygens (including phenoxy) is 1. The Balaban J connectivity index is 1.51. The highest BCUT2D eigenvalue weighted by Gasteiger charge is 2.35.